The SMILES string of the molecule is CCc1c[nH]c2ncnc(NC3CCC4(CCCC4)C3)c12. The van der Waals surface area contributed by atoms with Gasteiger partial charge in [0.05, 0.1) is 5.39 Å². The van der Waals surface area contributed by atoms with Crippen LogP contribution in [0, 0.1) is 5.41 Å². The number of nitrogens with zero attached hydrogens (tertiary/aromatic N) is 2. The standard InChI is InChI=1S/C17H24N4/c1-2-12-10-18-15-14(12)16(20-11-19-15)21-13-5-8-17(9-13)6-3-4-7-17/h10-11,13H,2-9H2,1H3,(H2,18,19,20,21). The van der Waals surface area contributed by atoms with E-state index in [2.05, 4.69) is 33.4 Å². The van der Waals surface area contributed by atoms with Crippen molar-refractivity contribution in [3.05, 3.63) is 18.1 Å². The second kappa shape index (κ2) is 5.00. The van der Waals surface area contributed by atoms with Crippen molar-refractivity contribution in [3.8, 4) is 0 Å². The highest BCUT2D eigenvalue weighted by atomic mass is 15.1. The Labute approximate surface area is 125 Å². The Morgan fingerprint density at radius 1 is 1.29 bits per heavy atom. The average Bonchev–Trinajstić information content (AvgIpc) is 3.21. The van der Waals surface area contributed by atoms with Gasteiger partial charge in [0, 0.05) is 12.2 Å². The van der Waals surface area contributed by atoms with E-state index in [0.29, 0.717) is 11.5 Å². The number of aromatic nitrogens is 3. The van der Waals surface area contributed by atoms with Crippen LogP contribution in [-0.4, -0.2) is 21.0 Å². The highest BCUT2D eigenvalue weighted by molar-refractivity contribution is 5.90. The van der Waals surface area contributed by atoms with Crippen LogP contribution in [0.4, 0.5) is 5.82 Å². The average molecular weight is 284 g/mol. The topological polar surface area (TPSA) is 53.6 Å². The molecule has 0 saturated heterocycles. The summed E-state index contributed by atoms with van der Waals surface area (Å²) in [5.74, 6) is 1.03. The summed E-state index contributed by atoms with van der Waals surface area (Å²) in [5, 5.41) is 4.91. The summed E-state index contributed by atoms with van der Waals surface area (Å²) < 4.78 is 0. The summed E-state index contributed by atoms with van der Waals surface area (Å²) in [5.41, 5.74) is 2.91. The van der Waals surface area contributed by atoms with E-state index in [1.165, 1.54) is 55.9 Å². The summed E-state index contributed by atoms with van der Waals surface area (Å²) in [6.45, 7) is 2.18. The highest BCUT2D eigenvalue weighted by Gasteiger charge is 2.41. The molecule has 0 aliphatic heterocycles. The molecule has 0 amide bonds. The molecule has 2 aromatic rings. The molecule has 1 atom stereocenters. The Kier molecular flexibility index (Phi) is 3.12. The lowest BCUT2D eigenvalue weighted by molar-refractivity contribution is 0.306. The maximum Gasteiger partial charge on any atom is 0.143 e. The highest BCUT2D eigenvalue weighted by Crippen LogP contribution is 2.51. The molecule has 112 valence electrons. The second-order valence-corrected chi connectivity index (χ2v) is 6.90. The number of anilines is 1. The van der Waals surface area contributed by atoms with Crippen molar-refractivity contribution in [2.75, 3.05) is 5.32 Å². The van der Waals surface area contributed by atoms with Gasteiger partial charge in [0.25, 0.3) is 0 Å². The molecule has 2 aliphatic rings. The molecular formula is C17H24N4. The van der Waals surface area contributed by atoms with E-state index >= 15 is 0 Å². The smallest absolute Gasteiger partial charge is 0.143 e. The van der Waals surface area contributed by atoms with Crippen LogP contribution in [0.1, 0.15) is 57.4 Å². The largest absolute Gasteiger partial charge is 0.367 e. The Bertz CT molecular complexity index is 639. The van der Waals surface area contributed by atoms with Crippen LogP contribution in [0.5, 0.6) is 0 Å². The van der Waals surface area contributed by atoms with Crippen LogP contribution in [0.25, 0.3) is 11.0 Å². The van der Waals surface area contributed by atoms with E-state index in [0.717, 1.165) is 17.9 Å². The van der Waals surface area contributed by atoms with Crippen LogP contribution in [0.15, 0.2) is 12.5 Å². The van der Waals surface area contributed by atoms with Gasteiger partial charge in [0.15, 0.2) is 0 Å². The summed E-state index contributed by atoms with van der Waals surface area (Å²) in [6.07, 6.45) is 14.5. The van der Waals surface area contributed by atoms with Crippen LogP contribution >= 0.6 is 0 Å². The molecule has 1 spiro atoms. The molecule has 0 radical (unpaired) electrons. The van der Waals surface area contributed by atoms with E-state index in [4.69, 9.17) is 0 Å². The fraction of sp³-hybridized carbons (Fsp3) is 0.647. The van der Waals surface area contributed by atoms with Gasteiger partial charge in [-0.2, -0.15) is 0 Å². The zero-order valence-corrected chi connectivity index (χ0v) is 12.8. The number of aromatic amines is 1. The van der Waals surface area contributed by atoms with Crippen molar-refractivity contribution in [1.82, 2.24) is 15.0 Å². The Morgan fingerprint density at radius 3 is 2.95 bits per heavy atom. The minimum Gasteiger partial charge on any atom is -0.367 e. The van der Waals surface area contributed by atoms with Gasteiger partial charge in [-0.15, -0.1) is 0 Å². The predicted octanol–water partition coefficient (Wildman–Crippen LogP) is 4.05. The number of fused-ring (bicyclic) bond motifs is 1. The number of hydrogen-bond acceptors (Lipinski definition) is 3. The van der Waals surface area contributed by atoms with E-state index in [-0.39, 0.29) is 0 Å². The molecule has 0 aromatic carbocycles. The third-order valence-electron chi connectivity index (χ3n) is 5.64. The van der Waals surface area contributed by atoms with Crippen molar-refractivity contribution < 1.29 is 0 Å². The predicted molar refractivity (Wildman–Crippen MR) is 85.4 cm³/mol. The summed E-state index contributed by atoms with van der Waals surface area (Å²) in [6, 6.07) is 0.584. The van der Waals surface area contributed by atoms with Gasteiger partial charge < -0.3 is 10.3 Å². The molecule has 21 heavy (non-hydrogen) atoms. The molecular weight excluding hydrogens is 260 g/mol. The fourth-order valence-electron chi connectivity index (χ4n) is 4.52. The lowest BCUT2D eigenvalue weighted by Crippen LogP contribution is -2.20. The summed E-state index contributed by atoms with van der Waals surface area (Å²) in [7, 11) is 0. The zero-order valence-electron chi connectivity index (χ0n) is 12.8. The van der Waals surface area contributed by atoms with Gasteiger partial charge in [0.1, 0.15) is 17.8 Å². The maximum atomic E-state index is 4.52. The van der Waals surface area contributed by atoms with Crippen LogP contribution in [-0.2, 0) is 6.42 Å². The van der Waals surface area contributed by atoms with Crippen molar-refractivity contribution >= 4 is 16.9 Å². The molecule has 2 N–H and O–H groups in total. The van der Waals surface area contributed by atoms with E-state index in [1.54, 1.807) is 6.33 Å². The van der Waals surface area contributed by atoms with Gasteiger partial charge in [-0.05, 0) is 49.5 Å². The molecule has 0 bridgehead atoms. The first-order chi connectivity index (χ1) is 10.3. The van der Waals surface area contributed by atoms with Gasteiger partial charge >= 0.3 is 0 Å². The van der Waals surface area contributed by atoms with Crippen LogP contribution in [0.2, 0.25) is 0 Å². The fourth-order valence-corrected chi connectivity index (χ4v) is 4.52. The quantitative estimate of drug-likeness (QED) is 0.894. The number of hydrogen-bond donors (Lipinski definition) is 2. The molecule has 1 unspecified atom stereocenters. The normalized spacial score (nSPS) is 24.1. The third-order valence-corrected chi connectivity index (χ3v) is 5.64. The van der Waals surface area contributed by atoms with Crippen molar-refractivity contribution in [2.45, 2.75) is 64.3 Å². The number of H-pyrrole nitrogens is 1. The Morgan fingerprint density at radius 2 is 2.14 bits per heavy atom. The van der Waals surface area contributed by atoms with Crippen LogP contribution < -0.4 is 5.32 Å². The first-order valence-electron chi connectivity index (χ1n) is 8.37. The first-order valence-corrected chi connectivity index (χ1v) is 8.37. The Hall–Kier alpha value is -1.58. The monoisotopic (exact) mass is 284 g/mol. The first kappa shape index (κ1) is 13.1. The van der Waals surface area contributed by atoms with E-state index < -0.39 is 0 Å². The number of rotatable bonds is 3. The third kappa shape index (κ3) is 2.21. The minimum absolute atomic E-state index is 0.584. The molecule has 2 aromatic heterocycles. The molecule has 4 rings (SSSR count). The number of nitrogens with one attached hydrogen (secondary N) is 2. The van der Waals surface area contributed by atoms with Gasteiger partial charge in [-0.3, -0.25) is 0 Å². The second-order valence-electron chi connectivity index (χ2n) is 6.90. The lowest BCUT2D eigenvalue weighted by atomic mass is 9.84. The molecule has 2 aliphatic carbocycles. The lowest BCUT2D eigenvalue weighted by Gasteiger charge is -2.23. The minimum atomic E-state index is 0.584. The molecule has 2 heterocycles. The molecule has 4 heteroatoms. The summed E-state index contributed by atoms with van der Waals surface area (Å²) in [4.78, 5) is 12.1. The van der Waals surface area contributed by atoms with Crippen molar-refractivity contribution in [3.63, 3.8) is 0 Å². The molecule has 2 fully saturated rings. The van der Waals surface area contributed by atoms with Gasteiger partial charge in [-0.1, -0.05) is 19.8 Å². The van der Waals surface area contributed by atoms with Gasteiger partial charge in [0.2, 0.25) is 0 Å². The summed E-state index contributed by atoms with van der Waals surface area (Å²) >= 11 is 0. The molecule has 4 nitrogen and oxygen atoms in total. The maximum absolute atomic E-state index is 4.52. The van der Waals surface area contributed by atoms with Crippen molar-refractivity contribution in [1.29, 1.82) is 0 Å². The molecule has 2 saturated carbocycles. The van der Waals surface area contributed by atoms with Crippen molar-refractivity contribution in [2.24, 2.45) is 5.41 Å². The zero-order chi connectivity index (χ0) is 14.3. The Balaban J connectivity index is 1.59. The van der Waals surface area contributed by atoms with E-state index in [1.807, 2.05) is 0 Å². The van der Waals surface area contributed by atoms with E-state index in [9.17, 15) is 0 Å². The van der Waals surface area contributed by atoms with Crippen LogP contribution in [0.3, 0.4) is 0 Å². The van der Waals surface area contributed by atoms with Gasteiger partial charge in [-0.25, -0.2) is 9.97 Å². The number of aryl methyl sites for hydroxylation is 1.